The average Bonchev–Trinajstić information content (AvgIpc) is 3.63. The Morgan fingerprint density at radius 3 is 2.62 bits per heavy atom. The summed E-state index contributed by atoms with van der Waals surface area (Å²) in [7, 11) is 0. The molecule has 3 aromatic rings. The summed E-state index contributed by atoms with van der Waals surface area (Å²) in [5.74, 6) is -0.641. The molecule has 1 saturated carbocycles. The lowest BCUT2D eigenvalue weighted by Gasteiger charge is -2.11. The Morgan fingerprint density at radius 2 is 1.84 bits per heavy atom. The van der Waals surface area contributed by atoms with Crippen molar-refractivity contribution in [1.82, 2.24) is 10.3 Å². The number of carbonyl (C=O) groups excluding carboxylic acids is 3. The number of anilines is 1. The van der Waals surface area contributed by atoms with Gasteiger partial charge in [-0.15, -0.1) is 0 Å². The van der Waals surface area contributed by atoms with Crippen LogP contribution in [0.15, 0.2) is 73.1 Å². The molecule has 0 saturated heterocycles. The number of aromatic nitrogens is 1. The van der Waals surface area contributed by atoms with E-state index in [0.717, 1.165) is 12.8 Å². The van der Waals surface area contributed by atoms with Crippen LogP contribution in [0.3, 0.4) is 0 Å². The highest BCUT2D eigenvalue weighted by Gasteiger charge is 2.24. The Hall–Kier alpha value is -4.20. The van der Waals surface area contributed by atoms with Gasteiger partial charge in [-0.05, 0) is 55.3 Å². The topological polar surface area (TPSA) is 107 Å². The smallest absolute Gasteiger partial charge is 0.342 e. The highest BCUT2D eigenvalue weighted by atomic mass is 16.5. The molecule has 4 rings (SSSR count). The molecular formula is C24H21N3O5. The quantitative estimate of drug-likeness (QED) is 0.528. The fourth-order valence-electron chi connectivity index (χ4n) is 2.90. The number of rotatable bonds is 8. The molecule has 8 nitrogen and oxygen atoms in total. The van der Waals surface area contributed by atoms with Crippen molar-refractivity contribution in [3.8, 4) is 11.5 Å². The lowest BCUT2D eigenvalue weighted by Crippen LogP contribution is -2.25. The first-order chi connectivity index (χ1) is 15.6. The van der Waals surface area contributed by atoms with Crippen molar-refractivity contribution in [1.29, 1.82) is 0 Å². The first kappa shape index (κ1) is 21.0. The van der Waals surface area contributed by atoms with Gasteiger partial charge in [-0.3, -0.25) is 14.6 Å². The number of carbonyl (C=O) groups is 3. The minimum Gasteiger partial charge on any atom is -0.455 e. The Bertz CT molecular complexity index is 1130. The summed E-state index contributed by atoms with van der Waals surface area (Å²) >= 11 is 0. The molecule has 162 valence electrons. The van der Waals surface area contributed by atoms with Crippen LogP contribution in [0.4, 0.5) is 5.69 Å². The number of hydrogen-bond acceptors (Lipinski definition) is 6. The van der Waals surface area contributed by atoms with E-state index in [0.29, 0.717) is 22.7 Å². The van der Waals surface area contributed by atoms with Gasteiger partial charge in [0.2, 0.25) is 0 Å². The molecule has 2 N–H and O–H groups in total. The van der Waals surface area contributed by atoms with Crippen molar-refractivity contribution in [2.75, 3.05) is 11.9 Å². The van der Waals surface area contributed by atoms with Crippen LogP contribution < -0.4 is 15.4 Å². The van der Waals surface area contributed by atoms with Crippen molar-refractivity contribution in [3.05, 3.63) is 84.2 Å². The van der Waals surface area contributed by atoms with E-state index in [2.05, 4.69) is 15.6 Å². The van der Waals surface area contributed by atoms with Crippen molar-refractivity contribution >= 4 is 23.5 Å². The van der Waals surface area contributed by atoms with Gasteiger partial charge in [0.25, 0.3) is 11.8 Å². The highest BCUT2D eigenvalue weighted by Crippen LogP contribution is 2.25. The molecule has 0 radical (unpaired) electrons. The van der Waals surface area contributed by atoms with E-state index in [-0.39, 0.29) is 17.5 Å². The predicted molar refractivity (Wildman–Crippen MR) is 117 cm³/mol. The average molecular weight is 431 g/mol. The van der Waals surface area contributed by atoms with E-state index in [1.165, 1.54) is 6.20 Å². The molecule has 0 unspecified atom stereocenters. The molecule has 0 bridgehead atoms. The van der Waals surface area contributed by atoms with Gasteiger partial charge in [-0.1, -0.05) is 18.2 Å². The fourth-order valence-corrected chi connectivity index (χ4v) is 2.90. The van der Waals surface area contributed by atoms with E-state index in [9.17, 15) is 14.4 Å². The number of ether oxygens (including phenoxy) is 2. The Kier molecular flexibility index (Phi) is 6.41. The number of hydrogen-bond donors (Lipinski definition) is 2. The number of esters is 1. The predicted octanol–water partition coefficient (Wildman–Crippen LogP) is 3.56. The molecule has 32 heavy (non-hydrogen) atoms. The molecule has 1 aliphatic carbocycles. The van der Waals surface area contributed by atoms with Crippen LogP contribution in [0.2, 0.25) is 0 Å². The van der Waals surface area contributed by atoms with Gasteiger partial charge in [0.05, 0.1) is 6.20 Å². The number of para-hydroxylation sites is 1. The van der Waals surface area contributed by atoms with Crippen molar-refractivity contribution in [2.45, 2.75) is 18.9 Å². The maximum Gasteiger partial charge on any atom is 0.342 e. The third-order valence-corrected chi connectivity index (χ3v) is 4.62. The van der Waals surface area contributed by atoms with E-state index in [4.69, 9.17) is 9.47 Å². The minimum atomic E-state index is -0.697. The lowest BCUT2D eigenvalue weighted by molar-refractivity contribution is -0.119. The molecule has 8 heteroatoms. The minimum absolute atomic E-state index is 0.180. The van der Waals surface area contributed by atoms with Crippen LogP contribution in [-0.4, -0.2) is 35.4 Å². The van der Waals surface area contributed by atoms with Crippen LogP contribution in [0.1, 0.15) is 33.6 Å². The van der Waals surface area contributed by atoms with Gasteiger partial charge in [0.15, 0.2) is 6.61 Å². The molecule has 1 aliphatic rings. The van der Waals surface area contributed by atoms with Crippen molar-refractivity contribution in [2.24, 2.45) is 0 Å². The third-order valence-electron chi connectivity index (χ3n) is 4.62. The maximum atomic E-state index is 12.5. The molecule has 0 spiro atoms. The van der Waals surface area contributed by atoms with Gasteiger partial charge in [0, 0.05) is 23.5 Å². The molecule has 1 aromatic heterocycles. The van der Waals surface area contributed by atoms with E-state index >= 15 is 0 Å². The summed E-state index contributed by atoms with van der Waals surface area (Å²) in [5.41, 5.74) is 1.07. The zero-order valence-corrected chi connectivity index (χ0v) is 17.1. The van der Waals surface area contributed by atoms with Crippen LogP contribution in [0.25, 0.3) is 0 Å². The zero-order valence-electron chi connectivity index (χ0n) is 17.1. The second kappa shape index (κ2) is 9.74. The summed E-state index contributed by atoms with van der Waals surface area (Å²) in [6, 6.07) is 16.8. The molecular weight excluding hydrogens is 410 g/mol. The standard InChI is InChI=1S/C24H21N3O5/c28-22(26-18-6-3-5-16(13-18)23(29)27-17-10-11-17)15-31-24(30)20-8-1-2-9-21(20)32-19-7-4-12-25-14-19/h1-9,12-14,17H,10-11,15H2,(H,26,28)(H,27,29). The summed E-state index contributed by atoms with van der Waals surface area (Å²) in [5, 5.41) is 5.53. The summed E-state index contributed by atoms with van der Waals surface area (Å²) in [4.78, 5) is 40.9. The molecule has 2 aromatic carbocycles. The van der Waals surface area contributed by atoms with Crippen molar-refractivity contribution in [3.63, 3.8) is 0 Å². The summed E-state index contributed by atoms with van der Waals surface area (Å²) < 4.78 is 10.9. The van der Waals surface area contributed by atoms with Crippen LogP contribution in [0, 0.1) is 0 Å². The zero-order chi connectivity index (χ0) is 22.3. The van der Waals surface area contributed by atoms with Gasteiger partial charge >= 0.3 is 5.97 Å². The summed E-state index contributed by atoms with van der Waals surface area (Å²) in [6.45, 7) is -0.488. The fraction of sp³-hybridized carbons (Fsp3) is 0.167. The van der Waals surface area contributed by atoms with Gasteiger partial charge in [0.1, 0.15) is 17.1 Å². The second-order valence-corrected chi connectivity index (χ2v) is 7.24. The summed E-state index contributed by atoms with van der Waals surface area (Å²) in [6.07, 6.45) is 5.11. The van der Waals surface area contributed by atoms with E-state index in [1.807, 2.05) is 0 Å². The number of nitrogens with zero attached hydrogens (tertiary/aromatic N) is 1. The SMILES string of the molecule is O=C(COC(=O)c1ccccc1Oc1cccnc1)Nc1cccc(C(=O)NC2CC2)c1. The molecule has 0 aliphatic heterocycles. The third kappa shape index (κ3) is 5.69. The number of pyridine rings is 1. The molecule has 1 fully saturated rings. The van der Waals surface area contributed by atoms with Crippen LogP contribution in [0.5, 0.6) is 11.5 Å². The Balaban J connectivity index is 1.33. The van der Waals surface area contributed by atoms with Crippen LogP contribution >= 0.6 is 0 Å². The van der Waals surface area contributed by atoms with Gasteiger partial charge in [-0.25, -0.2) is 4.79 Å². The Morgan fingerprint density at radius 1 is 1.00 bits per heavy atom. The maximum absolute atomic E-state index is 12.5. The first-order valence-electron chi connectivity index (χ1n) is 10.1. The molecule has 1 heterocycles. The first-order valence-corrected chi connectivity index (χ1v) is 10.1. The van der Waals surface area contributed by atoms with E-state index < -0.39 is 18.5 Å². The number of nitrogens with one attached hydrogen (secondary N) is 2. The number of benzene rings is 2. The highest BCUT2D eigenvalue weighted by molar-refractivity contribution is 5.99. The normalized spacial score (nSPS) is 12.5. The van der Waals surface area contributed by atoms with Crippen LogP contribution in [-0.2, 0) is 9.53 Å². The second-order valence-electron chi connectivity index (χ2n) is 7.24. The molecule has 0 atom stereocenters. The molecule has 2 amide bonds. The lowest BCUT2D eigenvalue weighted by atomic mass is 10.2. The number of amides is 2. The van der Waals surface area contributed by atoms with Gasteiger partial charge in [-0.2, -0.15) is 0 Å². The monoisotopic (exact) mass is 431 g/mol. The van der Waals surface area contributed by atoms with E-state index in [1.54, 1.807) is 66.9 Å². The van der Waals surface area contributed by atoms with Gasteiger partial charge < -0.3 is 20.1 Å². The van der Waals surface area contributed by atoms with Crippen molar-refractivity contribution < 1.29 is 23.9 Å². The Labute approximate surface area is 184 Å². The largest absolute Gasteiger partial charge is 0.455 e.